The van der Waals surface area contributed by atoms with E-state index in [-0.39, 0.29) is 25.2 Å². The predicted molar refractivity (Wildman–Crippen MR) is 270 cm³/mol. The van der Waals surface area contributed by atoms with Gasteiger partial charge >= 0.3 is 11.9 Å². The summed E-state index contributed by atoms with van der Waals surface area (Å²) in [5.41, 5.74) is 0. The van der Waals surface area contributed by atoms with Crippen LogP contribution in [0, 0.1) is 0 Å². The Labute approximate surface area is 386 Å². The number of carbonyl (C=O) groups excluding carboxylic acids is 2. The largest absolute Gasteiger partial charge is 0.462 e. The standard InChI is InChI=1S/C57H106O5/c1-3-5-7-9-11-13-15-17-19-21-23-24-25-26-27-28-29-30-31-32-34-35-37-39-41-43-45-47-49-51-56(59)61-54-55(53-58)62-57(60)52-50-48-46-44-42-40-38-36-33-22-20-18-16-14-12-10-8-6-4-2/h12,14,18,20-21,23,55,58H,3-11,13,15-17,19,22,24-54H2,1-2H3/b14-12-,20-18-,23-21-. The van der Waals surface area contributed by atoms with E-state index in [1.807, 2.05) is 0 Å². The monoisotopic (exact) mass is 871 g/mol. The molecule has 5 nitrogen and oxygen atoms in total. The van der Waals surface area contributed by atoms with Gasteiger partial charge in [-0.2, -0.15) is 0 Å². The first-order valence-corrected chi connectivity index (χ1v) is 27.5. The maximum Gasteiger partial charge on any atom is 0.306 e. The molecular formula is C57H106O5. The lowest BCUT2D eigenvalue weighted by Gasteiger charge is -2.15. The van der Waals surface area contributed by atoms with Crippen molar-refractivity contribution in [3.05, 3.63) is 36.5 Å². The van der Waals surface area contributed by atoms with Crippen molar-refractivity contribution >= 4 is 11.9 Å². The normalized spacial score (nSPS) is 12.4. The molecule has 0 amide bonds. The molecule has 0 rings (SSSR count). The maximum absolute atomic E-state index is 12.3. The molecule has 0 aliphatic rings. The van der Waals surface area contributed by atoms with Crippen molar-refractivity contribution in [2.24, 2.45) is 0 Å². The number of allylic oxidation sites excluding steroid dienone is 6. The minimum Gasteiger partial charge on any atom is -0.462 e. The van der Waals surface area contributed by atoms with Crippen LogP contribution in [-0.2, 0) is 19.1 Å². The van der Waals surface area contributed by atoms with E-state index in [9.17, 15) is 14.7 Å². The minimum absolute atomic E-state index is 0.0639. The molecule has 1 N–H and O–H groups in total. The van der Waals surface area contributed by atoms with Gasteiger partial charge < -0.3 is 14.6 Å². The van der Waals surface area contributed by atoms with Crippen molar-refractivity contribution in [3.63, 3.8) is 0 Å². The smallest absolute Gasteiger partial charge is 0.306 e. The maximum atomic E-state index is 12.3. The van der Waals surface area contributed by atoms with E-state index in [4.69, 9.17) is 9.47 Å². The number of ether oxygens (including phenoxy) is 2. The average Bonchev–Trinajstić information content (AvgIpc) is 3.28. The van der Waals surface area contributed by atoms with Crippen LogP contribution >= 0.6 is 0 Å². The Morgan fingerprint density at radius 2 is 0.645 bits per heavy atom. The Morgan fingerprint density at radius 1 is 0.371 bits per heavy atom. The Bertz CT molecular complexity index is 986. The van der Waals surface area contributed by atoms with Crippen LogP contribution in [0.5, 0.6) is 0 Å². The number of aliphatic hydroxyl groups is 1. The van der Waals surface area contributed by atoms with Crippen molar-refractivity contribution < 1.29 is 24.2 Å². The summed E-state index contributed by atoms with van der Waals surface area (Å²) in [6.45, 7) is 4.15. The molecule has 0 aromatic heterocycles. The molecule has 0 aromatic rings. The lowest BCUT2D eigenvalue weighted by atomic mass is 10.0. The fraction of sp³-hybridized carbons (Fsp3) is 0.860. The number of carbonyl (C=O) groups is 2. The highest BCUT2D eigenvalue weighted by Gasteiger charge is 2.16. The van der Waals surface area contributed by atoms with Crippen LogP contribution in [0.4, 0.5) is 0 Å². The van der Waals surface area contributed by atoms with Crippen LogP contribution in [-0.4, -0.2) is 36.4 Å². The molecule has 364 valence electrons. The zero-order chi connectivity index (χ0) is 44.9. The van der Waals surface area contributed by atoms with Gasteiger partial charge in [0.2, 0.25) is 0 Å². The van der Waals surface area contributed by atoms with E-state index >= 15 is 0 Å². The highest BCUT2D eigenvalue weighted by Crippen LogP contribution is 2.17. The number of aliphatic hydroxyl groups excluding tert-OH is 1. The molecule has 0 aromatic carbocycles. The number of rotatable bonds is 51. The fourth-order valence-corrected chi connectivity index (χ4v) is 8.23. The second-order valence-electron chi connectivity index (χ2n) is 18.7. The highest BCUT2D eigenvalue weighted by molar-refractivity contribution is 5.70. The predicted octanol–water partition coefficient (Wildman–Crippen LogP) is 18.3. The Hall–Kier alpha value is -1.88. The zero-order valence-electron chi connectivity index (χ0n) is 41.6. The molecule has 0 bridgehead atoms. The van der Waals surface area contributed by atoms with Crippen LogP contribution in [0.1, 0.15) is 296 Å². The Balaban J connectivity index is 3.43. The highest BCUT2D eigenvalue weighted by atomic mass is 16.6. The van der Waals surface area contributed by atoms with Crippen LogP contribution in [0.25, 0.3) is 0 Å². The number of hydrogen-bond donors (Lipinski definition) is 1. The first kappa shape index (κ1) is 60.1. The third kappa shape index (κ3) is 50.8. The van der Waals surface area contributed by atoms with Crippen molar-refractivity contribution in [1.29, 1.82) is 0 Å². The van der Waals surface area contributed by atoms with Gasteiger partial charge in [-0.05, 0) is 70.6 Å². The van der Waals surface area contributed by atoms with Crippen molar-refractivity contribution in [2.75, 3.05) is 13.2 Å². The van der Waals surface area contributed by atoms with Gasteiger partial charge in [-0.3, -0.25) is 9.59 Å². The van der Waals surface area contributed by atoms with E-state index in [1.54, 1.807) is 0 Å². The molecule has 0 fully saturated rings. The molecule has 0 saturated carbocycles. The third-order valence-corrected chi connectivity index (χ3v) is 12.4. The average molecular weight is 871 g/mol. The van der Waals surface area contributed by atoms with Crippen LogP contribution < -0.4 is 0 Å². The van der Waals surface area contributed by atoms with Gasteiger partial charge in [0.05, 0.1) is 6.61 Å². The topological polar surface area (TPSA) is 72.8 Å². The van der Waals surface area contributed by atoms with E-state index in [0.29, 0.717) is 12.8 Å². The molecule has 62 heavy (non-hydrogen) atoms. The lowest BCUT2D eigenvalue weighted by Crippen LogP contribution is -2.28. The van der Waals surface area contributed by atoms with Crippen molar-refractivity contribution in [1.82, 2.24) is 0 Å². The van der Waals surface area contributed by atoms with Gasteiger partial charge in [0.1, 0.15) is 6.61 Å². The summed E-state index contributed by atoms with van der Waals surface area (Å²) in [5.74, 6) is -0.581. The number of esters is 2. The zero-order valence-corrected chi connectivity index (χ0v) is 41.6. The summed E-state index contributed by atoms with van der Waals surface area (Å²) < 4.78 is 10.7. The molecule has 0 aliphatic carbocycles. The first-order chi connectivity index (χ1) is 30.6. The fourth-order valence-electron chi connectivity index (χ4n) is 8.23. The third-order valence-electron chi connectivity index (χ3n) is 12.4. The Morgan fingerprint density at radius 3 is 1.00 bits per heavy atom. The van der Waals surface area contributed by atoms with Crippen LogP contribution in [0.15, 0.2) is 36.5 Å². The summed E-state index contributed by atoms with van der Waals surface area (Å²) in [4.78, 5) is 24.5. The molecular weight excluding hydrogens is 765 g/mol. The molecule has 0 aliphatic heterocycles. The van der Waals surface area contributed by atoms with E-state index in [0.717, 1.165) is 44.9 Å². The molecule has 1 atom stereocenters. The second-order valence-corrected chi connectivity index (χ2v) is 18.7. The van der Waals surface area contributed by atoms with Crippen LogP contribution in [0.3, 0.4) is 0 Å². The van der Waals surface area contributed by atoms with Gasteiger partial charge in [0.25, 0.3) is 0 Å². The lowest BCUT2D eigenvalue weighted by molar-refractivity contribution is -0.161. The molecule has 5 heteroatoms. The van der Waals surface area contributed by atoms with Gasteiger partial charge in [0, 0.05) is 12.8 Å². The summed E-state index contributed by atoms with van der Waals surface area (Å²) in [6.07, 6.45) is 68.3. The second kappa shape index (κ2) is 53.5. The van der Waals surface area contributed by atoms with Gasteiger partial charge in [-0.15, -0.1) is 0 Å². The van der Waals surface area contributed by atoms with E-state index < -0.39 is 6.10 Å². The van der Waals surface area contributed by atoms with Crippen LogP contribution in [0.2, 0.25) is 0 Å². The van der Waals surface area contributed by atoms with Gasteiger partial charge in [0.15, 0.2) is 6.10 Å². The number of hydrogen-bond acceptors (Lipinski definition) is 5. The summed E-state index contributed by atoms with van der Waals surface area (Å²) in [5, 5.41) is 9.64. The first-order valence-electron chi connectivity index (χ1n) is 27.5. The molecule has 1 unspecified atom stereocenters. The van der Waals surface area contributed by atoms with Crippen molar-refractivity contribution in [2.45, 2.75) is 302 Å². The van der Waals surface area contributed by atoms with Crippen molar-refractivity contribution in [3.8, 4) is 0 Å². The summed E-state index contributed by atoms with van der Waals surface area (Å²) in [7, 11) is 0. The molecule has 0 radical (unpaired) electrons. The SMILES string of the molecule is CCCCC/C=C\C/C=C\CCCCCCCCCCCC(=O)OC(CO)COC(=O)CCCCCCCCCCCCCCCCCCC/C=C\CCCCCCCCCC. The quantitative estimate of drug-likeness (QED) is 0.0374. The molecule has 0 heterocycles. The van der Waals surface area contributed by atoms with Gasteiger partial charge in [-0.25, -0.2) is 0 Å². The number of unbranched alkanes of at least 4 members (excludes halogenated alkanes) is 37. The Kier molecular flexibility index (Phi) is 51.8. The van der Waals surface area contributed by atoms with E-state index in [2.05, 4.69) is 50.3 Å². The minimum atomic E-state index is -0.772. The summed E-state index contributed by atoms with van der Waals surface area (Å²) >= 11 is 0. The van der Waals surface area contributed by atoms with E-state index in [1.165, 1.54) is 225 Å². The summed E-state index contributed by atoms with van der Waals surface area (Å²) in [6, 6.07) is 0. The molecule has 0 saturated heterocycles. The van der Waals surface area contributed by atoms with Gasteiger partial charge in [-0.1, -0.05) is 249 Å². The molecule has 0 spiro atoms.